The van der Waals surface area contributed by atoms with E-state index < -0.39 is 35.8 Å². The van der Waals surface area contributed by atoms with Gasteiger partial charge in [-0.15, -0.1) is 10.2 Å². The number of benzene rings is 2. The first-order valence-electron chi connectivity index (χ1n) is 12.4. The third-order valence-corrected chi connectivity index (χ3v) is 10.5. The lowest BCUT2D eigenvalue weighted by molar-refractivity contribution is -0.302. The Kier molecular flexibility index (Phi) is 7.79. The second-order valence-corrected chi connectivity index (χ2v) is 13.9. The summed E-state index contributed by atoms with van der Waals surface area (Å²) in [6, 6.07) is 7.75. The van der Waals surface area contributed by atoms with Gasteiger partial charge in [0.2, 0.25) is 25.9 Å². The van der Waals surface area contributed by atoms with Gasteiger partial charge in [0, 0.05) is 24.1 Å². The van der Waals surface area contributed by atoms with Gasteiger partial charge in [-0.2, -0.15) is 5.21 Å². The van der Waals surface area contributed by atoms with E-state index >= 15 is 0 Å². The van der Waals surface area contributed by atoms with E-state index in [1.165, 1.54) is 23.5 Å². The Balaban J connectivity index is 0.000000794. The standard InChI is InChI=1S/C21H23N9O4S3.C2H4O2/c22-21-24-18-13(2-1-3-15(18)35-21)12-4-5-16(19(36(23,31)32)17(12)20-25-28-29-26-20)37(33,34)27-14-10-30-8-6-11(14)7-9-30;1-2(3)4/h1-5,11,14,27H,6-10H2,(H2,22,24)(H2,23,31,32)(H,25,26,28,29);1H3,(H,3,4)/p-1. The fourth-order valence-corrected chi connectivity index (χ4v) is 8.97. The largest absolute Gasteiger partial charge is 0.550 e. The topological polar surface area (TPSA) is 243 Å². The normalized spacial score (nSPS) is 20.5. The van der Waals surface area contributed by atoms with Gasteiger partial charge in [0.05, 0.1) is 15.8 Å². The number of anilines is 1. The number of rotatable bonds is 6. The maximum Gasteiger partial charge on any atom is 0.242 e. The summed E-state index contributed by atoms with van der Waals surface area (Å²) in [7, 11) is -8.90. The fourth-order valence-electron chi connectivity index (χ4n) is 5.32. The van der Waals surface area contributed by atoms with Crippen LogP contribution in [0, 0.1) is 5.92 Å². The molecular weight excluding hydrogens is 595 g/mol. The quantitative estimate of drug-likeness (QED) is 0.213. The smallest absolute Gasteiger partial charge is 0.242 e. The van der Waals surface area contributed by atoms with E-state index in [9.17, 15) is 16.8 Å². The van der Waals surface area contributed by atoms with Crippen LogP contribution in [0.1, 0.15) is 19.8 Å². The van der Waals surface area contributed by atoms with Gasteiger partial charge < -0.3 is 20.5 Å². The number of aliphatic carboxylic acids is 1. The summed E-state index contributed by atoms with van der Waals surface area (Å²) in [5.41, 5.74) is 7.20. The number of primary sulfonamides is 1. The second kappa shape index (κ2) is 11.0. The number of aromatic nitrogens is 5. The Bertz CT molecular complexity index is 1810. The van der Waals surface area contributed by atoms with Crippen LogP contribution in [0.5, 0.6) is 0 Å². The molecule has 2 aromatic carbocycles. The maximum atomic E-state index is 13.7. The number of carboxylic acid groups (broad SMARTS) is 1. The number of tetrazole rings is 1. The molecule has 7 rings (SSSR count). The molecule has 1 atom stereocenters. The van der Waals surface area contributed by atoms with Crippen molar-refractivity contribution in [2.45, 2.75) is 35.6 Å². The van der Waals surface area contributed by atoms with E-state index in [0.29, 0.717) is 28.3 Å². The Hall–Kier alpha value is -3.55. The van der Waals surface area contributed by atoms with Crippen LogP contribution in [0.4, 0.5) is 5.13 Å². The molecule has 0 amide bonds. The molecule has 15 nitrogen and oxygen atoms in total. The van der Waals surface area contributed by atoms with Gasteiger partial charge in [0.15, 0.2) is 5.13 Å². The summed E-state index contributed by atoms with van der Waals surface area (Å²) >= 11 is 1.27. The molecule has 41 heavy (non-hydrogen) atoms. The maximum absolute atomic E-state index is 13.7. The fraction of sp³-hybridized carbons (Fsp3) is 0.348. The molecule has 0 saturated carbocycles. The monoisotopic (exact) mass is 620 g/mol. The molecule has 1 unspecified atom stereocenters. The molecule has 0 aliphatic carbocycles. The van der Waals surface area contributed by atoms with Crippen LogP contribution in [-0.2, 0) is 24.8 Å². The van der Waals surface area contributed by atoms with Crippen molar-refractivity contribution in [2.75, 3.05) is 25.4 Å². The minimum absolute atomic E-state index is 0.0906. The third kappa shape index (κ3) is 5.92. The van der Waals surface area contributed by atoms with Gasteiger partial charge in [-0.3, -0.25) is 0 Å². The zero-order valence-electron chi connectivity index (χ0n) is 21.6. The first kappa shape index (κ1) is 29.0. The number of fused-ring (bicyclic) bond motifs is 4. The van der Waals surface area contributed by atoms with Crippen LogP contribution in [0.3, 0.4) is 0 Å². The van der Waals surface area contributed by atoms with E-state index in [1.807, 2.05) is 6.07 Å². The first-order chi connectivity index (χ1) is 19.3. The molecule has 3 saturated heterocycles. The molecule has 3 fully saturated rings. The van der Waals surface area contributed by atoms with Crippen LogP contribution in [0.25, 0.3) is 32.7 Å². The Morgan fingerprint density at radius 3 is 2.44 bits per heavy atom. The van der Waals surface area contributed by atoms with Crippen molar-refractivity contribution in [2.24, 2.45) is 11.1 Å². The number of hydrogen-bond donors (Lipinski definition) is 4. The van der Waals surface area contributed by atoms with Gasteiger partial charge in [0.25, 0.3) is 0 Å². The van der Waals surface area contributed by atoms with Crippen LogP contribution in [0.15, 0.2) is 40.1 Å². The number of nitrogens with zero attached hydrogens (tertiary/aromatic N) is 5. The number of nitrogens with two attached hydrogens (primary N) is 2. The zero-order chi connectivity index (χ0) is 29.5. The highest BCUT2D eigenvalue weighted by atomic mass is 32.2. The molecule has 2 aromatic heterocycles. The number of nitrogen functional groups attached to an aromatic ring is 1. The van der Waals surface area contributed by atoms with E-state index in [-0.39, 0.29) is 23.3 Å². The van der Waals surface area contributed by atoms with Crippen molar-refractivity contribution in [3.63, 3.8) is 0 Å². The first-order valence-corrected chi connectivity index (χ1v) is 16.2. The average Bonchev–Trinajstić information content (AvgIpc) is 3.56. The minimum Gasteiger partial charge on any atom is -0.550 e. The third-order valence-electron chi connectivity index (χ3n) is 6.95. The van der Waals surface area contributed by atoms with E-state index in [4.69, 9.17) is 20.8 Å². The predicted octanol–water partition coefficient (Wildman–Crippen LogP) is -0.498. The number of thiazole rings is 1. The van der Waals surface area contributed by atoms with Crippen LogP contribution >= 0.6 is 11.3 Å². The molecule has 5 heterocycles. The molecule has 0 spiro atoms. The number of aromatic amines is 1. The molecule has 218 valence electrons. The minimum atomic E-state index is -4.60. The SMILES string of the molecule is CC(=O)[O-].Nc1nc2c(-c3ccc(S(=O)(=O)NC4CN5CCC4CC5)c(S(N)(=O)=O)c3-c3nn[nH]n3)cccc2s1. The van der Waals surface area contributed by atoms with Crippen molar-refractivity contribution in [3.05, 3.63) is 30.3 Å². The Morgan fingerprint density at radius 2 is 1.85 bits per heavy atom. The average molecular weight is 621 g/mol. The number of sulfonamides is 2. The van der Waals surface area contributed by atoms with Crippen molar-refractivity contribution in [1.29, 1.82) is 0 Å². The van der Waals surface area contributed by atoms with E-state index in [2.05, 4.69) is 35.2 Å². The van der Waals surface area contributed by atoms with Crippen LogP contribution < -0.4 is 20.7 Å². The number of hydrogen-bond acceptors (Lipinski definition) is 13. The number of piperidine rings is 3. The highest BCUT2D eigenvalue weighted by molar-refractivity contribution is 7.92. The summed E-state index contributed by atoms with van der Waals surface area (Å²) in [5.74, 6) is -1.03. The van der Waals surface area contributed by atoms with Gasteiger partial charge in [-0.05, 0) is 61.7 Å². The number of H-pyrrole nitrogens is 1. The molecule has 2 bridgehead atoms. The van der Waals surface area contributed by atoms with Crippen molar-refractivity contribution in [3.8, 4) is 22.5 Å². The Morgan fingerprint density at radius 1 is 1.15 bits per heavy atom. The number of carbonyl (C=O) groups is 1. The molecule has 18 heteroatoms. The molecule has 6 N–H and O–H groups in total. The number of carboxylic acids is 1. The summed E-state index contributed by atoms with van der Waals surface area (Å²) in [5, 5.41) is 28.7. The second-order valence-electron chi connectivity index (χ2n) is 9.66. The Labute approximate surface area is 239 Å². The molecular formula is C23H26N9O6S3-. The molecule has 4 aromatic rings. The van der Waals surface area contributed by atoms with Crippen LogP contribution in [0.2, 0.25) is 0 Å². The molecule has 3 aliphatic rings. The zero-order valence-corrected chi connectivity index (χ0v) is 24.1. The van der Waals surface area contributed by atoms with E-state index in [0.717, 1.165) is 37.6 Å². The molecule has 0 radical (unpaired) electrons. The van der Waals surface area contributed by atoms with Gasteiger partial charge in [-0.25, -0.2) is 31.7 Å². The van der Waals surface area contributed by atoms with Crippen molar-refractivity contribution >= 4 is 52.7 Å². The van der Waals surface area contributed by atoms with E-state index in [1.54, 1.807) is 12.1 Å². The lowest BCUT2D eigenvalue weighted by atomic mass is 9.85. The van der Waals surface area contributed by atoms with Crippen molar-refractivity contribution in [1.82, 2.24) is 35.2 Å². The van der Waals surface area contributed by atoms with Gasteiger partial charge >= 0.3 is 0 Å². The van der Waals surface area contributed by atoms with Crippen molar-refractivity contribution < 1.29 is 26.7 Å². The number of para-hydroxylation sites is 1. The highest BCUT2D eigenvalue weighted by Crippen LogP contribution is 2.42. The summed E-state index contributed by atoms with van der Waals surface area (Å²) in [6.45, 7) is 3.39. The number of nitrogens with one attached hydrogen (secondary N) is 2. The number of carbonyl (C=O) groups excluding carboxylic acids is 1. The predicted molar refractivity (Wildman–Crippen MR) is 148 cm³/mol. The summed E-state index contributed by atoms with van der Waals surface area (Å²) < 4.78 is 57.0. The van der Waals surface area contributed by atoms with Gasteiger partial charge in [0.1, 0.15) is 9.79 Å². The van der Waals surface area contributed by atoms with Gasteiger partial charge in [-0.1, -0.05) is 29.5 Å². The lowest BCUT2D eigenvalue weighted by Gasteiger charge is -2.44. The molecule has 3 aliphatic heterocycles. The van der Waals surface area contributed by atoms with Crippen LogP contribution in [-0.4, -0.2) is 79.0 Å². The summed E-state index contributed by atoms with van der Waals surface area (Å²) in [6.07, 6.45) is 1.76. The summed E-state index contributed by atoms with van der Waals surface area (Å²) in [4.78, 5) is 14.4. The highest BCUT2D eigenvalue weighted by Gasteiger charge is 2.39. The lowest BCUT2D eigenvalue weighted by Crippen LogP contribution is -2.57.